The lowest BCUT2D eigenvalue weighted by Crippen LogP contribution is -2.37. The summed E-state index contributed by atoms with van der Waals surface area (Å²) < 4.78 is 0. The number of thiophene rings is 2. The lowest BCUT2D eigenvalue weighted by atomic mass is 9.98. The molecule has 0 radical (unpaired) electrons. The van der Waals surface area contributed by atoms with E-state index in [9.17, 15) is 4.79 Å². The van der Waals surface area contributed by atoms with Crippen LogP contribution in [0.5, 0.6) is 0 Å². The molecule has 0 saturated carbocycles. The SMILES string of the molecule is NC(=O)CCN1CCc2sccc2C1c1cccs1. The molecular formula is C14H16N2OS2. The van der Waals surface area contributed by atoms with Crippen LogP contribution < -0.4 is 5.73 Å². The molecule has 1 atom stereocenters. The van der Waals surface area contributed by atoms with Gasteiger partial charge in [0.2, 0.25) is 5.91 Å². The van der Waals surface area contributed by atoms with Crippen LogP contribution in [0, 0.1) is 0 Å². The molecule has 19 heavy (non-hydrogen) atoms. The Bertz CT molecular complexity index is 562. The van der Waals surface area contributed by atoms with Gasteiger partial charge in [0.1, 0.15) is 0 Å². The third kappa shape index (κ3) is 2.59. The molecular weight excluding hydrogens is 276 g/mol. The number of amides is 1. The van der Waals surface area contributed by atoms with Crippen LogP contribution in [0.15, 0.2) is 29.0 Å². The van der Waals surface area contributed by atoms with E-state index in [1.165, 1.54) is 15.3 Å². The number of hydrogen-bond donors (Lipinski definition) is 1. The largest absolute Gasteiger partial charge is 0.370 e. The summed E-state index contributed by atoms with van der Waals surface area (Å²) in [5.41, 5.74) is 6.69. The highest BCUT2D eigenvalue weighted by molar-refractivity contribution is 7.10. The first kappa shape index (κ1) is 12.8. The fourth-order valence-corrected chi connectivity index (χ4v) is 4.42. The second-order valence-corrected chi connectivity index (χ2v) is 6.70. The van der Waals surface area contributed by atoms with Crippen LogP contribution in [0.25, 0.3) is 0 Å². The molecule has 5 heteroatoms. The van der Waals surface area contributed by atoms with Crippen molar-refractivity contribution in [2.45, 2.75) is 18.9 Å². The maximum atomic E-state index is 11.0. The molecule has 3 nitrogen and oxygen atoms in total. The summed E-state index contributed by atoms with van der Waals surface area (Å²) in [5.74, 6) is -0.221. The van der Waals surface area contributed by atoms with E-state index in [1.54, 1.807) is 11.3 Å². The van der Waals surface area contributed by atoms with E-state index < -0.39 is 0 Å². The van der Waals surface area contributed by atoms with Gasteiger partial charge in [-0.15, -0.1) is 22.7 Å². The van der Waals surface area contributed by atoms with E-state index in [4.69, 9.17) is 5.73 Å². The topological polar surface area (TPSA) is 46.3 Å². The minimum Gasteiger partial charge on any atom is -0.370 e. The average Bonchev–Trinajstić information content (AvgIpc) is 3.06. The Balaban J connectivity index is 1.90. The van der Waals surface area contributed by atoms with Crippen molar-refractivity contribution in [3.63, 3.8) is 0 Å². The van der Waals surface area contributed by atoms with Crippen LogP contribution >= 0.6 is 22.7 Å². The summed E-state index contributed by atoms with van der Waals surface area (Å²) in [7, 11) is 0. The molecule has 1 amide bonds. The van der Waals surface area contributed by atoms with Crippen LogP contribution in [0.4, 0.5) is 0 Å². The molecule has 1 aliphatic rings. The van der Waals surface area contributed by atoms with Gasteiger partial charge in [0, 0.05) is 29.3 Å². The zero-order chi connectivity index (χ0) is 13.2. The highest BCUT2D eigenvalue weighted by atomic mass is 32.1. The van der Waals surface area contributed by atoms with Crippen molar-refractivity contribution in [1.82, 2.24) is 4.90 Å². The highest BCUT2D eigenvalue weighted by Gasteiger charge is 2.30. The van der Waals surface area contributed by atoms with Gasteiger partial charge < -0.3 is 5.73 Å². The maximum Gasteiger partial charge on any atom is 0.218 e. The van der Waals surface area contributed by atoms with Gasteiger partial charge in [-0.2, -0.15) is 0 Å². The van der Waals surface area contributed by atoms with Gasteiger partial charge in [-0.3, -0.25) is 9.69 Å². The van der Waals surface area contributed by atoms with E-state index in [0.717, 1.165) is 19.5 Å². The average molecular weight is 292 g/mol. The zero-order valence-electron chi connectivity index (χ0n) is 10.5. The number of hydrogen-bond acceptors (Lipinski definition) is 4. The minimum absolute atomic E-state index is 0.221. The minimum atomic E-state index is -0.221. The normalized spacial score (nSPS) is 19.3. The molecule has 0 aromatic carbocycles. The standard InChI is InChI=1S/C14H16N2OS2/c15-13(17)4-7-16-6-3-11-10(5-9-19-11)14(16)12-2-1-8-18-12/h1-2,5,8-9,14H,3-4,6-7H2,(H2,15,17). The van der Waals surface area contributed by atoms with Crippen LogP contribution in [0.1, 0.15) is 27.8 Å². The number of primary amides is 1. The number of carbonyl (C=O) groups is 1. The van der Waals surface area contributed by atoms with E-state index in [1.807, 2.05) is 11.3 Å². The summed E-state index contributed by atoms with van der Waals surface area (Å²) in [4.78, 5) is 16.2. The first-order chi connectivity index (χ1) is 9.25. The molecule has 0 spiro atoms. The monoisotopic (exact) mass is 292 g/mol. The van der Waals surface area contributed by atoms with Crippen LogP contribution in [-0.4, -0.2) is 23.9 Å². The summed E-state index contributed by atoms with van der Waals surface area (Å²) in [6, 6.07) is 6.79. The second kappa shape index (κ2) is 5.45. The smallest absolute Gasteiger partial charge is 0.218 e. The lowest BCUT2D eigenvalue weighted by molar-refractivity contribution is -0.118. The third-order valence-electron chi connectivity index (χ3n) is 3.52. The van der Waals surface area contributed by atoms with Crippen LogP contribution in [-0.2, 0) is 11.2 Å². The molecule has 2 aromatic rings. The molecule has 0 bridgehead atoms. The van der Waals surface area contributed by atoms with Gasteiger partial charge in [-0.25, -0.2) is 0 Å². The van der Waals surface area contributed by atoms with E-state index in [2.05, 4.69) is 33.9 Å². The number of fused-ring (bicyclic) bond motifs is 1. The summed E-state index contributed by atoms with van der Waals surface area (Å²) in [6.07, 6.45) is 1.51. The molecule has 3 heterocycles. The van der Waals surface area contributed by atoms with E-state index >= 15 is 0 Å². The van der Waals surface area contributed by atoms with Gasteiger partial charge in [0.05, 0.1) is 6.04 Å². The Kier molecular flexibility index (Phi) is 3.68. The zero-order valence-corrected chi connectivity index (χ0v) is 12.2. The number of nitrogens with two attached hydrogens (primary N) is 1. The van der Waals surface area contributed by atoms with Crippen molar-refractivity contribution in [2.24, 2.45) is 5.73 Å². The van der Waals surface area contributed by atoms with Gasteiger partial charge in [-0.05, 0) is 34.9 Å². The van der Waals surface area contributed by atoms with Gasteiger partial charge >= 0.3 is 0 Å². The Morgan fingerprint density at radius 3 is 3.00 bits per heavy atom. The molecule has 0 fully saturated rings. The fourth-order valence-electron chi connectivity index (χ4n) is 2.64. The van der Waals surface area contributed by atoms with Crippen molar-refractivity contribution in [3.05, 3.63) is 44.3 Å². The van der Waals surface area contributed by atoms with Crippen molar-refractivity contribution in [2.75, 3.05) is 13.1 Å². The maximum absolute atomic E-state index is 11.0. The third-order valence-corrected chi connectivity index (χ3v) is 5.45. The molecule has 2 N–H and O–H groups in total. The van der Waals surface area contributed by atoms with Crippen molar-refractivity contribution < 1.29 is 4.79 Å². The molecule has 0 saturated heterocycles. The number of nitrogens with zero attached hydrogens (tertiary/aromatic N) is 1. The van der Waals surface area contributed by atoms with Gasteiger partial charge in [-0.1, -0.05) is 6.07 Å². The molecule has 1 unspecified atom stereocenters. The molecule has 1 aliphatic heterocycles. The Morgan fingerprint density at radius 2 is 2.26 bits per heavy atom. The van der Waals surface area contributed by atoms with E-state index in [0.29, 0.717) is 12.5 Å². The summed E-state index contributed by atoms with van der Waals surface area (Å²) in [6.45, 7) is 1.75. The molecule has 2 aromatic heterocycles. The predicted octanol–water partition coefficient (Wildman–Crippen LogP) is 2.63. The fraction of sp³-hybridized carbons (Fsp3) is 0.357. The van der Waals surface area contributed by atoms with Crippen LogP contribution in [0.3, 0.4) is 0 Å². The van der Waals surface area contributed by atoms with Gasteiger partial charge in [0.25, 0.3) is 0 Å². The quantitative estimate of drug-likeness (QED) is 0.941. The lowest BCUT2D eigenvalue weighted by Gasteiger charge is -2.35. The van der Waals surface area contributed by atoms with Crippen molar-refractivity contribution >= 4 is 28.6 Å². The number of rotatable bonds is 4. The molecule has 100 valence electrons. The highest BCUT2D eigenvalue weighted by Crippen LogP contribution is 2.39. The summed E-state index contributed by atoms with van der Waals surface area (Å²) in [5, 5.41) is 4.28. The Hall–Kier alpha value is -1.17. The Labute approximate surface area is 120 Å². The van der Waals surface area contributed by atoms with Crippen LogP contribution in [0.2, 0.25) is 0 Å². The first-order valence-corrected chi connectivity index (χ1v) is 8.13. The predicted molar refractivity (Wildman–Crippen MR) is 79.6 cm³/mol. The first-order valence-electron chi connectivity index (χ1n) is 6.37. The second-order valence-electron chi connectivity index (χ2n) is 4.72. The summed E-state index contributed by atoms with van der Waals surface area (Å²) >= 11 is 3.62. The van der Waals surface area contributed by atoms with Gasteiger partial charge in [0.15, 0.2) is 0 Å². The van der Waals surface area contributed by atoms with Crippen molar-refractivity contribution in [3.8, 4) is 0 Å². The Morgan fingerprint density at radius 1 is 1.37 bits per heavy atom. The number of carbonyl (C=O) groups excluding carboxylic acids is 1. The molecule has 0 aliphatic carbocycles. The molecule has 3 rings (SSSR count). The van der Waals surface area contributed by atoms with E-state index in [-0.39, 0.29) is 5.91 Å². The van der Waals surface area contributed by atoms with Crippen molar-refractivity contribution in [1.29, 1.82) is 0 Å².